The van der Waals surface area contributed by atoms with E-state index in [1.807, 2.05) is 56.0 Å². The number of anilines is 1. The van der Waals surface area contributed by atoms with Gasteiger partial charge in [-0.1, -0.05) is 11.6 Å². The number of hydrogen-bond donors (Lipinski definition) is 0. The van der Waals surface area contributed by atoms with Crippen molar-refractivity contribution in [3.63, 3.8) is 0 Å². The Kier molecular flexibility index (Phi) is 6.61. The van der Waals surface area contributed by atoms with Crippen LogP contribution in [0.4, 0.5) is 10.5 Å². The first kappa shape index (κ1) is 28.6. The van der Waals surface area contributed by atoms with E-state index in [4.69, 9.17) is 16.3 Å². The second-order valence-electron chi connectivity index (χ2n) is 13.3. The standard InChI is InChI=1S/C31H36ClN5O5S/c1-30(2,3)42-29(39)35-18-24-15-23(35)19-37(24)43(40,41)12-4-11-34-22(14-20-13-21(32)5-6-26(20)34)17-36-27-16-33-10-7-25(27)31(8-9-31)28(36)38/h5-7,10,13-14,16,23-24H,4,8-9,11-12,15,17-19H2,1-3H3. The molecule has 12 heteroatoms. The second-order valence-corrected chi connectivity index (χ2v) is 15.7. The van der Waals surface area contributed by atoms with Gasteiger partial charge >= 0.3 is 6.09 Å². The molecule has 43 heavy (non-hydrogen) atoms. The Balaban J connectivity index is 1.07. The van der Waals surface area contributed by atoms with Gasteiger partial charge in [0.25, 0.3) is 0 Å². The lowest BCUT2D eigenvalue weighted by Gasteiger charge is -2.34. The number of fused-ring (bicyclic) bond motifs is 5. The molecule has 228 valence electrons. The zero-order valence-corrected chi connectivity index (χ0v) is 26.2. The monoisotopic (exact) mass is 625 g/mol. The fourth-order valence-corrected chi connectivity index (χ4v) is 9.06. The maximum Gasteiger partial charge on any atom is 0.410 e. The molecule has 0 N–H and O–H groups in total. The Bertz CT molecular complexity index is 1740. The third-order valence-corrected chi connectivity index (χ3v) is 11.4. The number of sulfonamides is 1. The first-order chi connectivity index (χ1) is 20.4. The fourth-order valence-electron chi connectivity index (χ4n) is 7.15. The summed E-state index contributed by atoms with van der Waals surface area (Å²) in [7, 11) is -3.53. The number of rotatable bonds is 7. The summed E-state index contributed by atoms with van der Waals surface area (Å²) in [6.07, 6.45) is 5.87. The van der Waals surface area contributed by atoms with Crippen molar-refractivity contribution in [2.75, 3.05) is 23.7 Å². The summed E-state index contributed by atoms with van der Waals surface area (Å²) >= 11 is 6.32. The van der Waals surface area contributed by atoms with Crippen molar-refractivity contribution in [1.82, 2.24) is 18.8 Å². The van der Waals surface area contributed by atoms with Gasteiger partial charge in [-0.25, -0.2) is 13.2 Å². The minimum atomic E-state index is -3.53. The number of halogens is 1. The lowest BCUT2D eigenvalue weighted by atomic mass is 9.99. The van der Waals surface area contributed by atoms with E-state index in [9.17, 15) is 18.0 Å². The zero-order chi connectivity index (χ0) is 30.3. The molecular weight excluding hydrogens is 590 g/mol. The molecule has 1 spiro atoms. The van der Waals surface area contributed by atoms with Gasteiger partial charge in [0.05, 0.1) is 35.6 Å². The lowest BCUT2D eigenvalue weighted by Crippen LogP contribution is -2.52. The Hall–Kier alpha value is -3.15. The number of benzene rings is 1. The molecule has 3 aliphatic heterocycles. The number of pyridine rings is 1. The molecule has 2 aromatic heterocycles. The number of aromatic nitrogens is 2. The molecule has 2 bridgehead atoms. The Morgan fingerprint density at radius 2 is 1.93 bits per heavy atom. The van der Waals surface area contributed by atoms with Crippen LogP contribution >= 0.6 is 11.6 Å². The van der Waals surface area contributed by atoms with Gasteiger partial charge in [-0.3, -0.25) is 9.78 Å². The highest BCUT2D eigenvalue weighted by atomic mass is 35.5. The molecule has 5 heterocycles. The highest BCUT2D eigenvalue weighted by molar-refractivity contribution is 7.89. The molecule has 1 aromatic carbocycles. The highest BCUT2D eigenvalue weighted by Crippen LogP contribution is 2.57. The number of hydrogen-bond acceptors (Lipinski definition) is 6. The fraction of sp³-hybridized carbons (Fsp3) is 0.516. The van der Waals surface area contributed by atoms with Crippen molar-refractivity contribution in [2.24, 2.45) is 0 Å². The van der Waals surface area contributed by atoms with E-state index in [0.29, 0.717) is 44.0 Å². The Morgan fingerprint density at radius 1 is 1.14 bits per heavy atom. The predicted molar refractivity (Wildman–Crippen MR) is 164 cm³/mol. The minimum Gasteiger partial charge on any atom is -0.444 e. The van der Waals surface area contributed by atoms with E-state index in [-0.39, 0.29) is 29.8 Å². The average Bonchev–Trinajstić information content (AvgIpc) is 3.20. The first-order valence-corrected chi connectivity index (χ1v) is 16.9. The lowest BCUT2D eigenvalue weighted by molar-refractivity contribution is -0.120. The third kappa shape index (κ3) is 4.89. The number of aryl methyl sites for hydroxylation is 1. The summed E-state index contributed by atoms with van der Waals surface area (Å²) in [6, 6.07) is 9.29. The van der Waals surface area contributed by atoms with Crippen molar-refractivity contribution in [2.45, 2.75) is 82.6 Å². The number of piperazine rings is 1. The van der Waals surface area contributed by atoms with E-state index >= 15 is 0 Å². The molecule has 2 saturated heterocycles. The molecule has 0 radical (unpaired) electrons. The zero-order valence-electron chi connectivity index (χ0n) is 24.6. The molecule has 3 fully saturated rings. The molecular formula is C31H36ClN5O5S. The number of nitrogens with zero attached hydrogens (tertiary/aromatic N) is 5. The third-order valence-electron chi connectivity index (χ3n) is 9.24. The summed E-state index contributed by atoms with van der Waals surface area (Å²) in [5.41, 5.74) is 2.76. The topological polar surface area (TPSA) is 105 Å². The number of amides is 2. The molecule has 2 unspecified atom stereocenters. The first-order valence-electron chi connectivity index (χ1n) is 14.9. The molecule has 2 amide bonds. The molecule has 1 aliphatic carbocycles. The van der Waals surface area contributed by atoms with E-state index in [0.717, 1.165) is 40.7 Å². The molecule has 1 saturated carbocycles. The minimum absolute atomic E-state index is 0.00608. The second kappa shape index (κ2) is 9.93. The molecule has 2 atom stereocenters. The van der Waals surface area contributed by atoms with E-state index in [2.05, 4.69) is 9.55 Å². The number of likely N-dealkylation sites (tertiary alicyclic amines) is 1. The van der Waals surface area contributed by atoms with Gasteiger partial charge in [0.1, 0.15) is 5.60 Å². The SMILES string of the molecule is CC(C)(C)OC(=O)N1CC2CC1CN2S(=O)(=O)CCCn1c(CN2C(=O)C3(CC3)c3ccncc32)cc2cc(Cl)ccc21. The summed E-state index contributed by atoms with van der Waals surface area (Å²) < 4.78 is 36.2. The number of carbonyl (C=O) groups is 2. The van der Waals surface area contributed by atoms with Crippen LogP contribution in [0.2, 0.25) is 5.02 Å². The van der Waals surface area contributed by atoms with Gasteiger partial charge in [0, 0.05) is 53.5 Å². The molecule has 7 rings (SSSR count). The summed E-state index contributed by atoms with van der Waals surface area (Å²) in [6.45, 7) is 6.97. The summed E-state index contributed by atoms with van der Waals surface area (Å²) in [5, 5.41) is 1.57. The highest BCUT2D eigenvalue weighted by Gasteiger charge is 2.59. The predicted octanol–water partition coefficient (Wildman–Crippen LogP) is 4.68. The molecule has 3 aromatic rings. The van der Waals surface area contributed by atoms with Crippen LogP contribution in [0.25, 0.3) is 10.9 Å². The largest absolute Gasteiger partial charge is 0.444 e. The van der Waals surface area contributed by atoms with Crippen LogP contribution in [-0.4, -0.2) is 75.7 Å². The van der Waals surface area contributed by atoms with Gasteiger partial charge in [-0.2, -0.15) is 4.31 Å². The maximum absolute atomic E-state index is 13.6. The summed E-state index contributed by atoms with van der Waals surface area (Å²) in [4.78, 5) is 34.0. The van der Waals surface area contributed by atoms with Crippen molar-refractivity contribution in [3.05, 3.63) is 59.0 Å². The van der Waals surface area contributed by atoms with Gasteiger partial charge < -0.3 is 19.1 Å². The van der Waals surface area contributed by atoms with Crippen LogP contribution in [0.1, 0.15) is 57.7 Å². The van der Waals surface area contributed by atoms with Crippen molar-refractivity contribution in [3.8, 4) is 0 Å². The Morgan fingerprint density at radius 3 is 2.63 bits per heavy atom. The molecule has 4 aliphatic rings. The maximum atomic E-state index is 13.6. The smallest absolute Gasteiger partial charge is 0.410 e. The normalized spacial score (nSPS) is 22.7. The van der Waals surface area contributed by atoms with Crippen LogP contribution in [0.5, 0.6) is 0 Å². The van der Waals surface area contributed by atoms with Crippen LogP contribution in [0, 0.1) is 0 Å². The van der Waals surface area contributed by atoms with Crippen molar-refractivity contribution >= 4 is 50.2 Å². The average molecular weight is 626 g/mol. The van der Waals surface area contributed by atoms with Crippen LogP contribution < -0.4 is 4.90 Å². The van der Waals surface area contributed by atoms with Gasteiger partial charge in [-0.15, -0.1) is 0 Å². The van der Waals surface area contributed by atoms with Gasteiger partial charge in [0.2, 0.25) is 15.9 Å². The Labute approximate surface area is 256 Å². The quantitative estimate of drug-likeness (QED) is 0.378. The van der Waals surface area contributed by atoms with Crippen LogP contribution in [0.3, 0.4) is 0 Å². The van der Waals surface area contributed by atoms with Crippen LogP contribution in [0.15, 0.2) is 42.7 Å². The van der Waals surface area contributed by atoms with E-state index in [1.54, 1.807) is 21.6 Å². The summed E-state index contributed by atoms with van der Waals surface area (Å²) in [5.74, 6) is 0.103. The number of carbonyl (C=O) groups excluding carboxylic acids is 2. The van der Waals surface area contributed by atoms with Crippen LogP contribution in [-0.2, 0) is 38.1 Å². The number of ether oxygens (including phenoxy) is 1. The van der Waals surface area contributed by atoms with E-state index in [1.165, 1.54) is 0 Å². The van der Waals surface area contributed by atoms with Crippen molar-refractivity contribution in [1.29, 1.82) is 0 Å². The van der Waals surface area contributed by atoms with E-state index < -0.39 is 21.0 Å². The van der Waals surface area contributed by atoms with Gasteiger partial charge in [0.15, 0.2) is 0 Å². The van der Waals surface area contributed by atoms with Crippen molar-refractivity contribution < 1.29 is 22.7 Å². The van der Waals surface area contributed by atoms with Gasteiger partial charge in [-0.05, 0) is 82.3 Å². The molecule has 10 nitrogen and oxygen atoms in total.